The van der Waals surface area contributed by atoms with Crippen LogP contribution in [0.3, 0.4) is 0 Å². The first kappa shape index (κ1) is 28.9. The van der Waals surface area contributed by atoms with Crippen LogP contribution in [0.1, 0.15) is 59.3 Å². The summed E-state index contributed by atoms with van der Waals surface area (Å²) >= 11 is 0. The Morgan fingerprint density at radius 2 is 2.00 bits per heavy atom. The van der Waals surface area contributed by atoms with E-state index in [0.29, 0.717) is 23.3 Å². The molecule has 4 rings (SSSR count). The monoisotopic (exact) mass is 576 g/mol. The summed E-state index contributed by atoms with van der Waals surface area (Å²) in [5, 5.41) is 6.07. The molecule has 2 aromatic heterocycles. The number of hydrogen-bond donors (Lipinski definition) is 2. The van der Waals surface area contributed by atoms with Gasteiger partial charge >= 0.3 is 0 Å². The van der Waals surface area contributed by atoms with Gasteiger partial charge in [-0.3, -0.25) is 4.79 Å². The third-order valence-electron chi connectivity index (χ3n) is 6.51. The molecule has 2 N–H and O–H groups in total. The number of imidazole rings is 1. The van der Waals surface area contributed by atoms with Crippen molar-refractivity contribution in [2.75, 3.05) is 25.3 Å². The first-order valence-corrected chi connectivity index (χ1v) is 14.6. The number of amides is 1. The zero-order chi connectivity index (χ0) is 29.5. The number of aromatic nitrogens is 4. The Bertz CT molecular complexity index is 1260. The lowest BCUT2D eigenvalue weighted by molar-refractivity contribution is -0.117. The molecule has 0 spiro atoms. The van der Waals surface area contributed by atoms with Crippen LogP contribution < -0.4 is 10.4 Å². The Morgan fingerprint density at radius 1 is 1.25 bits per heavy atom. The van der Waals surface area contributed by atoms with E-state index in [1.807, 2.05) is 13.0 Å². The van der Waals surface area contributed by atoms with Crippen LogP contribution in [0.2, 0.25) is 0 Å². The topological polar surface area (TPSA) is 116 Å². The predicted octanol–water partition coefficient (Wildman–Crippen LogP) is 4.69. The van der Waals surface area contributed by atoms with Gasteiger partial charge in [0.05, 0.1) is 25.1 Å². The summed E-state index contributed by atoms with van der Waals surface area (Å²) in [7, 11) is -1.49. The number of anilines is 1. The van der Waals surface area contributed by atoms with Crippen molar-refractivity contribution in [3.63, 3.8) is 0 Å². The fraction of sp³-hybridized carbons (Fsp3) is 0.556. The zero-order valence-corrected chi connectivity index (χ0v) is 24.4. The number of rotatable bonds is 12. The number of carbonyl (C=O) groups is 1. The number of nitrogens with zero attached hydrogens (tertiary/aromatic N) is 5. The van der Waals surface area contributed by atoms with Crippen LogP contribution in [-0.4, -0.2) is 80.5 Å². The molecule has 0 bridgehead atoms. The minimum Gasteiger partial charge on any atom is -0.373 e. The summed E-state index contributed by atoms with van der Waals surface area (Å²) in [5.74, 6) is -0.122. The van der Waals surface area contributed by atoms with Crippen molar-refractivity contribution >= 4 is 31.3 Å². The maximum Gasteiger partial charge on any atom is 0.256 e. The molecule has 3 heterocycles. The molecule has 1 aromatic carbocycles. The van der Waals surface area contributed by atoms with Gasteiger partial charge in [-0.25, -0.2) is 29.1 Å². The van der Waals surface area contributed by atoms with E-state index in [9.17, 15) is 4.79 Å². The first-order chi connectivity index (χ1) is 19.8. The van der Waals surface area contributed by atoms with Gasteiger partial charge in [-0.15, -0.1) is 0 Å². The van der Waals surface area contributed by atoms with E-state index in [1.54, 1.807) is 28.8 Å². The van der Waals surface area contributed by atoms with Crippen LogP contribution in [0.5, 0.6) is 0 Å². The summed E-state index contributed by atoms with van der Waals surface area (Å²) < 4.78 is 46.2. The molecule has 1 amide bonds. The van der Waals surface area contributed by atoms with E-state index in [4.69, 9.17) is 15.4 Å². The highest BCUT2D eigenvalue weighted by Crippen LogP contribution is 2.45. The molecule has 1 aliphatic rings. The van der Waals surface area contributed by atoms with E-state index >= 15 is 4.39 Å². The summed E-state index contributed by atoms with van der Waals surface area (Å²) in [4.78, 5) is 25.7. The fourth-order valence-corrected chi connectivity index (χ4v) is 6.53. The maximum absolute atomic E-state index is 16.5. The Hall–Kier alpha value is -2.60. The molecule has 1 fully saturated rings. The Labute approximate surface area is 237 Å². The first-order valence-electron chi connectivity index (χ1n) is 14.1. The van der Waals surface area contributed by atoms with Gasteiger partial charge in [-0.1, -0.05) is 18.2 Å². The van der Waals surface area contributed by atoms with E-state index in [0.717, 1.165) is 0 Å². The molecular formula is C27H39FN7O4P. The molecular weight excluding hydrogens is 536 g/mol. The van der Waals surface area contributed by atoms with Gasteiger partial charge in [0.2, 0.25) is 0 Å². The second kappa shape index (κ2) is 13.8. The van der Waals surface area contributed by atoms with Crippen molar-refractivity contribution in [1.29, 1.82) is 0 Å². The SMILES string of the molecule is [2H]CC1OCC(n2cnc3c(NC(=O)c4ccccc4)ncnc32)C(F)C1OP(NCOCC)N(C(C)C)C(C)C. The van der Waals surface area contributed by atoms with Gasteiger partial charge in [-0.2, -0.15) is 0 Å². The van der Waals surface area contributed by atoms with Crippen molar-refractivity contribution in [3.8, 4) is 0 Å². The summed E-state index contributed by atoms with van der Waals surface area (Å²) in [5.41, 5.74) is 1.15. The molecule has 13 heteroatoms. The lowest BCUT2D eigenvalue weighted by Gasteiger charge is -2.43. The third kappa shape index (κ3) is 6.82. The second-order valence-corrected chi connectivity index (χ2v) is 11.5. The lowest BCUT2D eigenvalue weighted by Crippen LogP contribution is -2.50. The number of hydrogen-bond acceptors (Lipinski definition) is 9. The summed E-state index contributed by atoms with van der Waals surface area (Å²) in [6.07, 6.45) is -0.539. The van der Waals surface area contributed by atoms with Crippen molar-refractivity contribution in [2.24, 2.45) is 0 Å². The van der Waals surface area contributed by atoms with Crippen molar-refractivity contribution in [1.82, 2.24) is 29.3 Å². The molecule has 11 nitrogen and oxygen atoms in total. The standard InChI is InChI=1S/C27H39FN7O4P/c1-7-37-16-32-40(35(17(2)3)18(4)5)39-24-19(6)38-13-21(22(24)28)34-15-31-23-25(29-14-30-26(23)34)33-27(36)20-11-9-8-10-12-20/h8-12,14-15,17-19,21-22,24,32H,7,13,16H2,1-6H3,(H,29,30,33,36)/i6D. The zero-order valence-electron chi connectivity index (χ0n) is 24.5. The van der Waals surface area contributed by atoms with Gasteiger partial charge in [0.1, 0.15) is 19.2 Å². The van der Waals surface area contributed by atoms with Gasteiger partial charge in [0.25, 0.3) is 5.91 Å². The van der Waals surface area contributed by atoms with E-state index in [-0.39, 0.29) is 44.0 Å². The minimum atomic E-state index is -1.53. The van der Waals surface area contributed by atoms with E-state index in [1.165, 1.54) is 12.7 Å². The highest BCUT2D eigenvalue weighted by molar-refractivity contribution is 7.47. The molecule has 3 aromatic rings. The number of carbonyl (C=O) groups excluding carboxylic acids is 1. The van der Waals surface area contributed by atoms with Crippen molar-refractivity contribution in [2.45, 2.75) is 78.0 Å². The Balaban J connectivity index is 1.60. The molecule has 1 aliphatic heterocycles. The molecule has 40 heavy (non-hydrogen) atoms. The normalized spacial score (nSPS) is 22.7. The number of benzene rings is 1. The molecule has 5 unspecified atom stereocenters. The number of fused-ring (bicyclic) bond motifs is 1. The van der Waals surface area contributed by atoms with Crippen LogP contribution in [0.15, 0.2) is 43.0 Å². The van der Waals surface area contributed by atoms with Gasteiger partial charge < -0.3 is 23.9 Å². The van der Waals surface area contributed by atoms with Crippen molar-refractivity contribution in [3.05, 3.63) is 48.5 Å². The van der Waals surface area contributed by atoms with E-state index < -0.39 is 32.9 Å². The molecule has 0 radical (unpaired) electrons. The number of nitrogens with one attached hydrogen (secondary N) is 2. The molecule has 0 saturated carbocycles. The average molecular weight is 577 g/mol. The average Bonchev–Trinajstić information content (AvgIpc) is 3.39. The highest BCUT2D eigenvalue weighted by atomic mass is 31.2. The minimum absolute atomic E-state index is 0.00806. The molecule has 1 saturated heterocycles. The third-order valence-corrected chi connectivity index (χ3v) is 8.69. The number of halogens is 1. The van der Waals surface area contributed by atoms with Crippen molar-refractivity contribution < 1.29 is 24.6 Å². The number of alkyl halides is 1. The molecule has 5 atom stereocenters. The second-order valence-electron chi connectivity index (χ2n) is 9.96. The highest BCUT2D eigenvalue weighted by Gasteiger charge is 2.44. The molecule has 218 valence electrons. The number of ether oxygens (including phenoxy) is 2. The van der Waals surface area contributed by atoms with Crippen LogP contribution in [0.25, 0.3) is 11.2 Å². The fourth-order valence-electron chi connectivity index (χ4n) is 4.66. The Morgan fingerprint density at radius 3 is 2.67 bits per heavy atom. The van der Waals surface area contributed by atoms with Crippen LogP contribution in [0, 0.1) is 0 Å². The van der Waals surface area contributed by atoms with Crippen LogP contribution in [-0.2, 0) is 14.0 Å². The lowest BCUT2D eigenvalue weighted by atomic mass is 10.0. The van der Waals surface area contributed by atoms with Crippen LogP contribution >= 0.6 is 8.45 Å². The van der Waals surface area contributed by atoms with Gasteiger partial charge in [-0.05, 0) is 53.7 Å². The predicted molar refractivity (Wildman–Crippen MR) is 153 cm³/mol. The maximum atomic E-state index is 16.5. The summed E-state index contributed by atoms with van der Waals surface area (Å²) in [6, 6.07) is 8.16. The Kier molecular flexibility index (Phi) is 10.0. The van der Waals surface area contributed by atoms with Gasteiger partial charge in [0.15, 0.2) is 31.6 Å². The smallest absolute Gasteiger partial charge is 0.256 e. The largest absolute Gasteiger partial charge is 0.373 e. The van der Waals surface area contributed by atoms with Gasteiger partial charge in [0, 0.05) is 25.6 Å². The van der Waals surface area contributed by atoms with E-state index in [2.05, 4.69) is 57.7 Å². The quantitative estimate of drug-likeness (QED) is 0.180. The van der Waals surface area contributed by atoms with Crippen LogP contribution in [0.4, 0.5) is 10.2 Å². The summed E-state index contributed by atoms with van der Waals surface area (Å²) in [6.45, 7) is 10.8. The molecule has 0 aliphatic carbocycles.